The largest absolute Gasteiger partial charge is 0.494 e. The fraction of sp³-hybridized carbons (Fsp3) is 0.375. The molecule has 2 bridgehead atoms. The fourth-order valence-corrected chi connectivity index (χ4v) is 4.10. The van der Waals surface area contributed by atoms with Gasteiger partial charge >= 0.3 is 0 Å². The molecule has 2 aromatic heterocycles. The zero-order valence-corrected chi connectivity index (χ0v) is 13.7. The van der Waals surface area contributed by atoms with Gasteiger partial charge in [0.1, 0.15) is 11.8 Å². The lowest BCUT2D eigenvalue weighted by Crippen LogP contribution is -2.32. The minimum Gasteiger partial charge on any atom is -0.494 e. The summed E-state index contributed by atoms with van der Waals surface area (Å²) in [5, 5.41) is 31.8. The van der Waals surface area contributed by atoms with Crippen LogP contribution in [0.15, 0.2) is 12.3 Å². The average molecular weight is 348 g/mol. The van der Waals surface area contributed by atoms with E-state index in [9.17, 15) is 15.3 Å². The summed E-state index contributed by atoms with van der Waals surface area (Å²) in [6.45, 7) is 10.4. The maximum absolute atomic E-state index is 10.7. The van der Waals surface area contributed by atoms with Crippen molar-refractivity contribution >= 4 is 17.4 Å². The number of aliphatic hydroxyl groups is 1. The van der Waals surface area contributed by atoms with Gasteiger partial charge in [-0.15, -0.1) is 4.98 Å². The molecule has 1 saturated heterocycles. The van der Waals surface area contributed by atoms with E-state index in [1.165, 1.54) is 16.8 Å². The van der Waals surface area contributed by atoms with Crippen molar-refractivity contribution in [3.8, 4) is 17.4 Å². The average Bonchev–Trinajstić information content (AvgIpc) is 3.01. The molecule has 4 heterocycles. The summed E-state index contributed by atoms with van der Waals surface area (Å²) in [5.74, 6) is -0.383. The normalized spacial score (nSPS) is 30.4. The highest BCUT2D eigenvalue weighted by Gasteiger charge is 2.64. The second-order valence-electron chi connectivity index (χ2n) is 6.50. The molecule has 0 radical (unpaired) electrons. The minimum absolute atomic E-state index is 0.0387. The molecule has 1 fully saturated rings. The Balaban J connectivity index is 1.98. The Hall–Kier alpha value is -2.27. The second kappa shape index (κ2) is 4.42. The van der Waals surface area contributed by atoms with Crippen molar-refractivity contribution < 1.29 is 20.1 Å². The summed E-state index contributed by atoms with van der Waals surface area (Å²) < 4.78 is 7.12. The number of aromatic hydroxyl groups is 2. The van der Waals surface area contributed by atoms with Gasteiger partial charge in [0.25, 0.3) is 5.82 Å². The van der Waals surface area contributed by atoms with Gasteiger partial charge in [0.15, 0.2) is 0 Å². The summed E-state index contributed by atoms with van der Waals surface area (Å²) >= 11 is 6.01. The molecule has 3 atom stereocenters. The molecule has 2 aromatic rings. The maximum Gasteiger partial charge on any atom is 0.288 e. The van der Waals surface area contributed by atoms with Crippen LogP contribution in [-0.2, 0) is 15.9 Å². The standard InChI is InChI=1S/C16H14ClN3O4/c1-15-5-9(21)16(2,24-15)11-10(15)13(22)20(14(11)23)7-4-8(17)12(18-3)19-6-7/h4,6,9,21-23H,5H2,1-2H3/t9-,15?,16?/m0/s1. The van der Waals surface area contributed by atoms with Crippen LogP contribution in [0.1, 0.15) is 31.4 Å². The first-order valence-corrected chi connectivity index (χ1v) is 7.70. The van der Waals surface area contributed by atoms with Crippen LogP contribution in [0, 0.1) is 6.57 Å². The molecule has 4 rings (SSSR count). The van der Waals surface area contributed by atoms with E-state index in [1.807, 2.05) is 0 Å². The number of ether oxygens (including phenoxy) is 1. The molecular weight excluding hydrogens is 334 g/mol. The lowest BCUT2D eigenvalue weighted by molar-refractivity contribution is -0.0936. The van der Waals surface area contributed by atoms with Crippen LogP contribution in [0.25, 0.3) is 10.5 Å². The molecule has 0 spiro atoms. The van der Waals surface area contributed by atoms with E-state index in [4.69, 9.17) is 22.9 Å². The Morgan fingerprint density at radius 1 is 1.38 bits per heavy atom. The molecule has 7 nitrogen and oxygen atoms in total. The second-order valence-corrected chi connectivity index (χ2v) is 6.91. The molecule has 2 unspecified atom stereocenters. The predicted molar refractivity (Wildman–Crippen MR) is 84.6 cm³/mol. The zero-order chi connectivity index (χ0) is 17.4. The van der Waals surface area contributed by atoms with Gasteiger partial charge < -0.3 is 24.9 Å². The van der Waals surface area contributed by atoms with Gasteiger partial charge in [-0.25, -0.2) is 4.57 Å². The van der Waals surface area contributed by atoms with Crippen molar-refractivity contribution in [2.24, 2.45) is 0 Å². The third-order valence-electron chi connectivity index (χ3n) is 4.97. The molecule has 24 heavy (non-hydrogen) atoms. The molecular formula is C16H14ClN3O4. The first-order chi connectivity index (χ1) is 11.2. The number of rotatable bonds is 1. The minimum atomic E-state index is -1.09. The summed E-state index contributed by atoms with van der Waals surface area (Å²) in [6.07, 6.45) is 0.878. The smallest absolute Gasteiger partial charge is 0.288 e. The van der Waals surface area contributed by atoms with Crippen LogP contribution >= 0.6 is 11.6 Å². The zero-order valence-electron chi connectivity index (χ0n) is 12.9. The third-order valence-corrected chi connectivity index (χ3v) is 5.25. The SMILES string of the molecule is [C-]#[N+]c1ncc(-n2c(O)c3c(c2O)C2(C)OC3(C)C[C@@H]2O)cc1Cl. The van der Waals surface area contributed by atoms with Crippen LogP contribution in [0.4, 0.5) is 5.82 Å². The van der Waals surface area contributed by atoms with Crippen LogP contribution < -0.4 is 0 Å². The monoisotopic (exact) mass is 347 g/mol. The lowest BCUT2D eigenvalue weighted by Gasteiger charge is -2.25. The van der Waals surface area contributed by atoms with E-state index >= 15 is 0 Å². The van der Waals surface area contributed by atoms with Crippen molar-refractivity contribution in [3.05, 3.63) is 39.8 Å². The molecule has 3 N–H and O–H groups in total. The van der Waals surface area contributed by atoms with Gasteiger partial charge in [-0.3, -0.25) is 0 Å². The van der Waals surface area contributed by atoms with Gasteiger partial charge in [-0.2, -0.15) is 0 Å². The Kier molecular flexibility index (Phi) is 2.81. The Morgan fingerprint density at radius 3 is 2.67 bits per heavy atom. The van der Waals surface area contributed by atoms with Crippen LogP contribution in [-0.4, -0.2) is 31.0 Å². The molecule has 0 aromatic carbocycles. The number of aliphatic hydroxyl groups excluding tert-OH is 1. The first-order valence-electron chi connectivity index (χ1n) is 7.32. The topological polar surface area (TPSA) is 92.1 Å². The van der Waals surface area contributed by atoms with Gasteiger partial charge in [-0.1, -0.05) is 18.2 Å². The van der Waals surface area contributed by atoms with Crippen LogP contribution in [0.3, 0.4) is 0 Å². The van der Waals surface area contributed by atoms with Crippen molar-refractivity contribution in [2.45, 2.75) is 37.6 Å². The van der Waals surface area contributed by atoms with Gasteiger partial charge in [0.05, 0.1) is 33.5 Å². The van der Waals surface area contributed by atoms with Gasteiger partial charge in [-0.05, 0) is 19.9 Å². The summed E-state index contributed by atoms with van der Waals surface area (Å²) in [4.78, 5) is 7.12. The highest BCUT2D eigenvalue weighted by molar-refractivity contribution is 6.33. The number of hydrogen-bond donors (Lipinski definition) is 3. The quantitative estimate of drug-likeness (QED) is 0.690. The van der Waals surface area contributed by atoms with E-state index in [0.717, 1.165) is 0 Å². The number of fused-ring (bicyclic) bond motifs is 5. The first kappa shape index (κ1) is 15.3. The number of hydrogen-bond acceptors (Lipinski definition) is 5. The van der Waals surface area contributed by atoms with E-state index in [2.05, 4.69) is 9.83 Å². The Bertz CT molecular complexity index is 934. The van der Waals surface area contributed by atoms with Gasteiger partial charge in [0.2, 0.25) is 11.8 Å². The van der Waals surface area contributed by atoms with Crippen molar-refractivity contribution in [2.75, 3.05) is 0 Å². The number of nitrogens with zero attached hydrogens (tertiary/aromatic N) is 3. The summed E-state index contributed by atoms with van der Waals surface area (Å²) in [7, 11) is 0. The maximum atomic E-state index is 10.7. The number of aromatic nitrogens is 2. The van der Waals surface area contributed by atoms with Crippen molar-refractivity contribution in [1.82, 2.24) is 9.55 Å². The van der Waals surface area contributed by atoms with Crippen LogP contribution in [0.2, 0.25) is 5.02 Å². The molecule has 0 amide bonds. The van der Waals surface area contributed by atoms with Gasteiger partial charge in [0, 0.05) is 6.42 Å². The highest BCUT2D eigenvalue weighted by atomic mass is 35.5. The fourth-order valence-electron chi connectivity index (χ4n) is 3.90. The Labute approximate surface area is 142 Å². The number of halogens is 1. The number of pyridine rings is 1. The molecule has 0 saturated carbocycles. The predicted octanol–water partition coefficient (Wildman–Crippen LogP) is 2.71. The third kappa shape index (κ3) is 1.60. The lowest BCUT2D eigenvalue weighted by atomic mass is 9.78. The molecule has 124 valence electrons. The highest BCUT2D eigenvalue weighted by Crippen LogP contribution is 2.64. The van der Waals surface area contributed by atoms with Crippen molar-refractivity contribution in [3.63, 3.8) is 0 Å². The van der Waals surface area contributed by atoms with Crippen LogP contribution in [0.5, 0.6) is 11.8 Å². The summed E-state index contributed by atoms with van der Waals surface area (Å²) in [6, 6.07) is 1.44. The van der Waals surface area contributed by atoms with E-state index in [1.54, 1.807) is 13.8 Å². The molecule has 0 aliphatic carbocycles. The summed E-state index contributed by atoms with van der Waals surface area (Å²) in [5.41, 5.74) is -0.836. The van der Waals surface area contributed by atoms with E-state index in [-0.39, 0.29) is 22.6 Å². The molecule has 2 aliphatic heterocycles. The Morgan fingerprint density at radius 2 is 2.04 bits per heavy atom. The molecule has 2 aliphatic rings. The molecule has 8 heteroatoms. The van der Waals surface area contributed by atoms with Crippen molar-refractivity contribution in [1.29, 1.82) is 0 Å². The van der Waals surface area contributed by atoms with E-state index in [0.29, 0.717) is 23.2 Å². The van der Waals surface area contributed by atoms with E-state index < -0.39 is 17.3 Å².